The van der Waals surface area contributed by atoms with Gasteiger partial charge < -0.3 is 10.2 Å². The highest BCUT2D eigenvalue weighted by Gasteiger charge is 2.26. The molecule has 0 spiro atoms. The van der Waals surface area contributed by atoms with Gasteiger partial charge in [0.25, 0.3) is 21.8 Å². The predicted octanol–water partition coefficient (Wildman–Crippen LogP) is 3.49. The SMILES string of the molecule is CNC(=O)c1ccc(CN(C)C(=O)c2sccc2S(=O)(=O)Nc2ccc(C)cc2)cc1. The van der Waals surface area contributed by atoms with Crippen LogP contribution >= 0.6 is 11.3 Å². The maximum absolute atomic E-state index is 13.0. The minimum absolute atomic E-state index is 0.0510. The average Bonchev–Trinajstić information content (AvgIpc) is 3.25. The van der Waals surface area contributed by atoms with Crippen molar-refractivity contribution in [2.24, 2.45) is 0 Å². The molecule has 2 amide bonds. The first-order chi connectivity index (χ1) is 14.7. The summed E-state index contributed by atoms with van der Waals surface area (Å²) >= 11 is 1.08. The molecule has 0 fully saturated rings. The number of nitrogens with one attached hydrogen (secondary N) is 2. The second kappa shape index (κ2) is 9.32. The van der Waals surface area contributed by atoms with E-state index in [4.69, 9.17) is 0 Å². The molecule has 0 atom stereocenters. The van der Waals surface area contributed by atoms with Gasteiger partial charge in [-0.1, -0.05) is 29.8 Å². The molecule has 1 heterocycles. The molecule has 31 heavy (non-hydrogen) atoms. The minimum Gasteiger partial charge on any atom is -0.355 e. The molecule has 2 aromatic carbocycles. The molecule has 0 unspecified atom stereocenters. The van der Waals surface area contributed by atoms with Crippen molar-refractivity contribution in [3.63, 3.8) is 0 Å². The van der Waals surface area contributed by atoms with E-state index in [2.05, 4.69) is 10.0 Å². The standard InChI is InChI=1S/C22H23N3O4S2/c1-15-4-10-18(11-5-15)24-31(28,29)19-12-13-30-20(19)22(27)25(3)14-16-6-8-17(9-7-16)21(26)23-2/h4-13,24H,14H2,1-3H3,(H,23,26). The monoisotopic (exact) mass is 457 g/mol. The summed E-state index contributed by atoms with van der Waals surface area (Å²) in [4.78, 5) is 26.2. The van der Waals surface area contributed by atoms with E-state index < -0.39 is 15.9 Å². The van der Waals surface area contributed by atoms with Crippen LogP contribution in [0.2, 0.25) is 0 Å². The molecule has 0 aliphatic carbocycles. The van der Waals surface area contributed by atoms with E-state index in [-0.39, 0.29) is 22.2 Å². The zero-order valence-corrected chi connectivity index (χ0v) is 19.0. The Bertz CT molecular complexity index is 1180. The van der Waals surface area contributed by atoms with Gasteiger partial charge in [0.05, 0.1) is 0 Å². The summed E-state index contributed by atoms with van der Waals surface area (Å²) in [6.45, 7) is 2.19. The van der Waals surface area contributed by atoms with E-state index in [1.165, 1.54) is 11.0 Å². The summed E-state index contributed by atoms with van der Waals surface area (Å²) in [6.07, 6.45) is 0. The summed E-state index contributed by atoms with van der Waals surface area (Å²) in [5.74, 6) is -0.583. The Morgan fingerprint density at radius 1 is 1.00 bits per heavy atom. The van der Waals surface area contributed by atoms with Crippen molar-refractivity contribution in [3.05, 3.63) is 81.5 Å². The molecule has 0 radical (unpaired) electrons. The van der Waals surface area contributed by atoms with E-state index in [0.717, 1.165) is 22.5 Å². The lowest BCUT2D eigenvalue weighted by Gasteiger charge is -2.18. The van der Waals surface area contributed by atoms with Gasteiger partial charge in [-0.05, 0) is 48.2 Å². The lowest BCUT2D eigenvalue weighted by molar-refractivity contribution is 0.0786. The third-order valence-corrected chi connectivity index (χ3v) is 7.08. The topological polar surface area (TPSA) is 95.6 Å². The van der Waals surface area contributed by atoms with E-state index in [0.29, 0.717) is 11.3 Å². The zero-order chi connectivity index (χ0) is 22.6. The van der Waals surface area contributed by atoms with Gasteiger partial charge in [-0.3, -0.25) is 14.3 Å². The summed E-state index contributed by atoms with van der Waals surface area (Å²) in [5, 5.41) is 4.14. The average molecular weight is 458 g/mol. The summed E-state index contributed by atoms with van der Waals surface area (Å²) < 4.78 is 28.3. The van der Waals surface area contributed by atoms with Crippen molar-refractivity contribution in [1.82, 2.24) is 10.2 Å². The summed E-state index contributed by atoms with van der Waals surface area (Å²) in [6, 6.07) is 15.3. The first-order valence-corrected chi connectivity index (χ1v) is 11.8. The van der Waals surface area contributed by atoms with Gasteiger partial charge in [0.15, 0.2) is 0 Å². The Hall–Kier alpha value is -3.17. The van der Waals surface area contributed by atoms with E-state index in [9.17, 15) is 18.0 Å². The minimum atomic E-state index is -3.91. The maximum atomic E-state index is 13.0. The number of anilines is 1. The predicted molar refractivity (Wildman–Crippen MR) is 122 cm³/mol. The summed E-state index contributed by atoms with van der Waals surface area (Å²) in [7, 11) is -0.746. The Morgan fingerprint density at radius 2 is 1.65 bits per heavy atom. The molecule has 0 bridgehead atoms. The molecule has 3 aromatic rings. The van der Waals surface area contributed by atoms with Crippen LogP contribution in [0.4, 0.5) is 5.69 Å². The van der Waals surface area contributed by atoms with Gasteiger partial charge >= 0.3 is 0 Å². The van der Waals surface area contributed by atoms with Crippen molar-refractivity contribution in [2.45, 2.75) is 18.4 Å². The Kier molecular flexibility index (Phi) is 6.77. The molecule has 0 aliphatic heterocycles. The lowest BCUT2D eigenvalue weighted by Crippen LogP contribution is -2.27. The van der Waals surface area contributed by atoms with Crippen molar-refractivity contribution < 1.29 is 18.0 Å². The van der Waals surface area contributed by atoms with Crippen LogP contribution in [-0.2, 0) is 16.6 Å². The lowest BCUT2D eigenvalue weighted by atomic mass is 10.1. The molecule has 162 valence electrons. The first kappa shape index (κ1) is 22.5. The molecule has 9 heteroatoms. The van der Waals surface area contributed by atoms with Crippen molar-refractivity contribution in [2.75, 3.05) is 18.8 Å². The highest BCUT2D eigenvalue weighted by atomic mass is 32.2. The van der Waals surface area contributed by atoms with E-state index in [1.807, 2.05) is 6.92 Å². The highest BCUT2D eigenvalue weighted by Crippen LogP contribution is 2.26. The smallest absolute Gasteiger partial charge is 0.265 e. The van der Waals surface area contributed by atoms with Crippen LogP contribution in [-0.4, -0.2) is 39.2 Å². The van der Waals surface area contributed by atoms with E-state index in [1.54, 1.807) is 68.0 Å². The second-order valence-electron chi connectivity index (χ2n) is 7.02. The number of carbonyl (C=O) groups is 2. The van der Waals surface area contributed by atoms with Gasteiger partial charge in [0, 0.05) is 31.9 Å². The third kappa shape index (κ3) is 5.31. The number of carbonyl (C=O) groups excluding carboxylic acids is 2. The number of rotatable bonds is 7. The molecule has 3 rings (SSSR count). The van der Waals surface area contributed by atoms with Gasteiger partial charge in [-0.25, -0.2) is 8.42 Å². The molecule has 2 N–H and O–H groups in total. The summed E-state index contributed by atoms with van der Waals surface area (Å²) in [5.41, 5.74) is 2.79. The third-order valence-electron chi connectivity index (χ3n) is 4.63. The van der Waals surface area contributed by atoms with Crippen LogP contribution < -0.4 is 10.0 Å². The fraction of sp³-hybridized carbons (Fsp3) is 0.182. The van der Waals surface area contributed by atoms with E-state index >= 15 is 0 Å². The van der Waals surface area contributed by atoms with Crippen molar-refractivity contribution >= 4 is 38.9 Å². The Balaban J connectivity index is 1.76. The van der Waals surface area contributed by atoms with Gasteiger partial charge in [0.2, 0.25) is 0 Å². The number of benzene rings is 2. The van der Waals surface area contributed by atoms with Gasteiger partial charge in [0.1, 0.15) is 9.77 Å². The van der Waals surface area contributed by atoms with Crippen LogP contribution in [0.15, 0.2) is 64.9 Å². The Labute approximate surface area is 185 Å². The molecular weight excluding hydrogens is 434 g/mol. The highest BCUT2D eigenvalue weighted by molar-refractivity contribution is 7.93. The van der Waals surface area contributed by atoms with Crippen LogP contribution in [0.25, 0.3) is 0 Å². The molecular formula is C22H23N3O4S2. The number of thiophene rings is 1. The number of amides is 2. The fourth-order valence-electron chi connectivity index (χ4n) is 2.92. The molecule has 7 nitrogen and oxygen atoms in total. The molecule has 0 saturated carbocycles. The number of sulfonamides is 1. The maximum Gasteiger partial charge on any atom is 0.265 e. The number of nitrogens with zero attached hydrogens (tertiary/aromatic N) is 1. The van der Waals surface area contributed by atoms with Gasteiger partial charge in [-0.2, -0.15) is 0 Å². The largest absolute Gasteiger partial charge is 0.355 e. The van der Waals surface area contributed by atoms with Crippen LogP contribution in [0.5, 0.6) is 0 Å². The number of aryl methyl sites for hydroxylation is 1. The molecule has 1 aromatic heterocycles. The number of hydrogen-bond acceptors (Lipinski definition) is 5. The molecule has 0 saturated heterocycles. The van der Waals surface area contributed by atoms with Gasteiger partial charge in [-0.15, -0.1) is 11.3 Å². The quantitative estimate of drug-likeness (QED) is 0.568. The van der Waals surface area contributed by atoms with Crippen molar-refractivity contribution in [3.8, 4) is 0 Å². The fourth-order valence-corrected chi connectivity index (χ4v) is 5.40. The molecule has 0 aliphatic rings. The first-order valence-electron chi connectivity index (χ1n) is 9.45. The second-order valence-corrected chi connectivity index (χ2v) is 9.59. The number of hydrogen-bond donors (Lipinski definition) is 2. The zero-order valence-electron chi connectivity index (χ0n) is 17.4. The van der Waals surface area contributed by atoms with Crippen LogP contribution in [0.1, 0.15) is 31.2 Å². The van der Waals surface area contributed by atoms with Crippen LogP contribution in [0.3, 0.4) is 0 Å². The Morgan fingerprint density at radius 3 is 2.26 bits per heavy atom. The van der Waals surface area contributed by atoms with Crippen LogP contribution in [0, 0.1) is 6.92 Å². The normalized spacial score (nSPS) is 11.1. The van der Waals surface area contributed by atoms with Crippen molar-refractivity contribution in [1.29, 1.82) is 0 Å².